The van der Waals surface area contributed by atoms with Crippen LogP contribution in [0.3, 0.4) is 0 Å². The third-order valence-corrected chi connectivity index (χ3v) is 5.90. The molecular weight excluding hydrogens is 370 g/mol. The van der Waals surface area contributed by atoms with Gasteiger partial charge in [0, 0.05) is 17.3 Å². The summed E-state index contributed by atoms with van der Waals surface area (Å²) in [7, 11) is 0. The van der Waals surface area contributed by atoms with Crippen LogP contribution in [0.15, 0.2) is 28.8 Å². The molecule has 1 aromatic carbocycles. The number of rotatable bonds is 14. The molecule has 3 N–H and O–H groups in total. The lowest BCUT2D eigenvalue weighted by Crippen LogP contribution is -2.46. The molecule has 1 aromatic rings. The molecule has 0 bridgehead atoms. The molecule has 5 heteroatoms. The zero-order chi connectivity index (χ0) is 20.2. The molecule has 0 radical (unpaired) electrons. The largest absolute Gasteiger partial charge is 0.384 e. The van der Waals surface area contributed by atoms with Gasteiger partial charge in [0.2, 0.25) is 0 Å². The van der Waals surface area contributed by atoms with E-state index in [1.165, 1.54) is 69.8 Å². The Bertz CT molecular complexity index is 623. The van der Waals surface area contributed by atoms with Crippen LogP contribution in [0.25, 0.3) is 0 Å². The SMILES string of the molecule is CCCCCCCCCCCCc1ccc(C(=O)NC2(/C(N)=N/Cl)CC2)cc1. The van der Waals surface area contributed by atoms with Gasteiger partial charge in [-0.1, -0.05) is 76.8 Å². The Labute approximate surface area is 175 Å². The van der Waals surface area contributed by atoms with Crippen LogP contribution < -0.4 is 11.1 Å². The molecule has 1 fully saturated rings. The van der Waals surface area contributed by atoms with Crippen molar-refractivity contribution >= 4 is 23.5 Å². The van der Waals surface area contributed by atoms with Crippen LogP contribution in [-0.4, -0.2) is 17.3 Å². The molecule has 1 amide bonds. The molecule has 0 aromatic heterocycles. The van der Waals surface area contributed by atoms with E-state index in [0.29, 0.717) is 11.4 Å². The van der Waals surface area contributed by atoms with Crippen molar-refractivity contribution in [2.24, 2.45) is 10.2 Å². The third kappa shape index (κ3) is 7.46. The summed E-state index contributed by atoms with van der Waals surface area (Å²) in [5.74, 6) is 0.173. The number of nitrogens with zero attached hydrogens (tertiary/aromatic N) is 1. The van der Waals surface area contributed by atoms with Gasteiger partial charge < -0.3 is 11.1 Å². The molecule has 1 aliphatic carbocycles. The molecule has 1 aliphatic rings. The van der Waals surface area contributed by atoms with Crippen molar-refractivity contribution in [3.63, 3.8) is 0 Å². The van der Waals surface area contributed by atoms with Gasteiger partial charge >= 0.3 is 0 Å². The van der Waals surface area contributed by atoms with E-state index in [0.717, 1.165) is 19.3 Å². The molecular formula is C23H36ClN3O. The van der Waals surface area contributed by atoms with Crippen molar-refractivity contribution in [2.75, 3.05) is 0 Å². The predicted octanol–water partition coefficient (Wildman–Crippen LogP) is 5.92. The van der Waals surface area contributed by atoms with E-state index < -0.39 is 5.54 Å². The Hall–Kier alpha value is -1.55. The Morgan fingerprint density at radius 3 is 2.04 bits per heavy atom. The maximum absolute atomic E-state index is 12.4. The van der Waals surface area contributed by atoms with Crippen LogP contribution in [0, 0.1) is 0 Å². The average Bonchev–Trinajstić information content (AvgIpc) is 3.49. The lowest BCUT2D eigenvalue weighted by atomic mass is 10.0. The maximum atomic E-state index is 12.4. The van der Waals surface area contributed by atoms with E-state index in [9.17, 15) is 4.79 Å². The van der Waals surface area contributed by atoms with Crippen LogP contribution in [0.4, 0.5) is 0 Å². The standard InChI is InChI=1S/C23H36ClN3O/c1-2-3-4-5-6-7-8-9-10-11-12-19-13-15-20(16-14-19)21(28)26-23(17-18-23)22(25)27-24/h13-16H,2-12,17-18H2,1H3,(H2,25,27)(H,26,28). The van der Waals surface area contributed by atoms with Gasteiger partial charge in [0.15, 0.2) is 0 Å². The minimum atomic E-state index is -0.534. The van der Waals surface area contributed by atoms with Crippen molar-refractivity contribution in [2.45, 2.75) is 95.9 Å². The number of hydrogen-bond donors (Lipinski definition) is 2. The summed E-state index contributed by atoms with van der Waals surface area (Å²) >= 11 is 5.45. The van der Waals surface area contributed by atoms with Crippen molar-refractivity contribution in [1.82, 2.24) is 5.32 Å². The topological polar surface area (TPSA) is 67.5 Å². The molecule has 28 heavy (non-hydrogen) atoms. The summed E-state index contributed by atoms with van der Waals surface area (Å²) in [4.78, 5) is 12.4. The van der Waals surface area contributed by atoms with Gasteiger partial charge in [0.05, 0.1) is 5.54 Å². The number of hydrogen-bond acceptors (Lipinski definition) is 2. The normalized spacial score (nSPS) is 15.4. The van der Waals surface area contributed by atoms with Crippen molar-refractivity contribution < 1.29 is 4.79 Å². The second kappa shape index (κ2) is 12.1. The highest BCUT2D eigenvalue weighted by atomic mass is 35.5. The van der Waals surface area contributed by atoms with Crippen molar-refractivity contribution in [1.29, 1.82) is 0 Å². The first-order valence-electron chi connectivity index (χ1n) is 11.0. The van der Waals surface area contributed by atoms with Gasteiger partial charge in [-0.25, -0.2) is 0 Å². The zero-order valence-electron chi connectivity index (χ0n) is 17.3. The van der Waals surface area contributed by atoms with Gasteiger partial charge in [0.1, 0.15) is 5.84 Å². The van der Waals surface area contributed by atoms with E-state index in [1.807, 2.05) is 12.1 Å². The van der Waals surface area contributed by atoms with Crippen LogP contribution in [-0.2, 0) is 6.42 Å². The number of halogens is 1. The lowest BCUT2D eigenvalue weighted by molar-refractivity contribution is 0.0943. The molecule has 156 valence electrons. The molecule has 0 aliphatic heterocycles. The highest BCUT2D eigenvalue weighted by Crippen LogP contribution is 2.36. The second-order valence-electron chi connectivity index (χ2n) is 8.13. The first-order valence-corrected chi connectivity index (χ1v) is 11.3. The number of carbonyl (C=O) groups excluding carboxylic acids is 1. The maximum Gasteiger partial charge on any atom is 0.252 e. The Morgan fingerprint density at radius 1 is 1.00 bits per heavy atom. The summed E-state index contributed by atoms with van der Waals surface area (Å²) in [6, 6.07) is 7.90. The van der Waals surface area contributed by atoms with Gasteiger partial charge in [-0.15, -0.1) is 0 Å². The molecule has 0 heterocycles. The van der Waals surface area contributed by atoms with Crippen LogP contribution in [0.1, 0.15) is 99.9 Å². The number of aryl methyl sites for hydroxylation is 1. The lowest BCUT2D eigenvalue weighted by Gasteiger charge is -2.16. The quantitative estimate of drug-likeness (QED) is 0.229. The highest BCUT2D eigenvalue weighted by molar-refractivity contribution is 6.21. The smallest absolute Gasteiger partial charge is 0.252 e. The Kier molecular flexibility index (Phi) is 9.83. The fourth-order valence-electron chi connectivity index (χ4n) is 3.58. The minimum Gasteiger partial charge on any atom is -0.384 e. The highest BCUT2D eigenvalue weighted by Gasteiger charge is 2.48. The molecule has 4 nitrogen and oxygen atoms in total. The van der Waals surface area contributed by atoms with Crippen molar-refractivity contribution in [3.8, 4) is 0 Å². The molecule has 0 spiro atoms. The van der Waals surface area contributed by atoms with E-state index in [2.05, 4.69) is 28.9 Å². The Morgan fingerprint density at radius 2 is 1.54 bits per heavy atom. The van der Waals surface area contributed by atoms with Gasteiger partial charge in [-0.3, -0.25) is 4.79 Å². The molecule has 0 saturated heterocycles. The first kappa shape index (κ1) is 22.7. The number of benzene rings is 1. The minimum absolute atomic E-state index is 0.119. The van der Waals surface area contributed by atoms with E-state index >= 15 is 0 Å². The molecule has 2 rings (SSSR count). The number of amidine groups is 1. The van der Waals surface area contributed by atoms with Crippen LogP contribution >= 0.6 is 11.8 Å². The molecule has 0 atom stereocenters. The van der Waals surface area contributed by atoms with Crippen LogP contribution in [0.5, 0.6) is 0 Å². The molecule has 0 unspecified atom stereocenters. The summed E-state index contributed by atoms with van der Waals surface area (Å²) in [6.45, 7) is 2.26. The predicted molar refractivity (Wildman–Crippen MR) is 119 cm³/mol. The van der Waals surface area contributed by atoms with E-state index in [-0.39, 0.29) is 5.91 Å². The number of unbranched alkanes of at least 4 members (excludes halogenated alkanes) is 9. The summed E-state index contributed by atoms with van der Waals surface area (Å²) in [5, 5.41) is 2.96. The fourth-order valence-corrected chi connectivity index (χ4v) is 3.74. The average molecular weight is 406 g/mol. The number of nitrogens with two attached hydrogens (primary N) is 1. The number of carbonyl (C=O) groups is 1. The van der Waals surface area contributed by atoms with Crippen molar-refractivity contribution in [3.05, 3.63) is 35.4 Å². The summed E-state index contributed by atoms with van der Waals surface area (Å²) in [5.41, 5.74) is 7.20. The summed E-state index contributed by atoms with van der Waals surface area (Å²) in [6.07, 6.45) is 16.1. The van der Waals surface area contributed by atoms with E-state index in [4.69, 9.17) is 17.5 Å². The zero-order valence-corrected chi connectivity index (χ0v) is 18.1. The third-order valence-electron chi connectivity index (χ3n) is 5.72. The summed E-state index contributed by atoms with van der Waals surface area (Å²) < 4.78 is 3.51. The number of amides is 1. The van der Waals surface area contributed by atoms with Gasteiger partial charge in [-0.2, -0.15) is 4.51 Å². The molecule has 1 saturated carbocycles. The fraction of sp³-hybridized carbons (Fsp3) is 0.652. The van der Waals surface area contributed by atoms with E-state index in [1.54, 1.807) is 0 Å². The number of nitrogens with one attached hydrogen (secondary N) is 1. The second-order valence-corrected chi connectivity index (χ2v) is 8.30. The first-order chi connectivity index (χ1) is 13.6. The Balaban J connectivity index is 1.60. The van der Waals surface area contributed by atoms with Crippen LogP contribution in [0.2, 0.25) is 0 Å². The van der Waals surface area contributed by atoms with Gasteiger partial charge in [-0.05, 0) is 43.4 Å². The van der Waals surface area contributed by atoms with Gasteiger partial charge in [0.25, 0.3) is 5.91 Å². The monoisotopic (exact) mass is 405 g/mol.